The number of amides is 1. The Morgan fingerprint density at radius 2 is 1.28 bits per heavy atom. The van der Waals surface area contributed by atoms with Gasteiger partial charge in [-0.05, 0) is 24.5 Å². The highest BCUT2D eigenvalue weighted by atomic mass is 16.4. The smallest absolute Gasteiger partial charge is 0.337 e. The van der Waals surface area contributed by atoms with E-state index >= 15 is 0 Å². The predicted octanol–water partition coefficient (Wildman–Crippen LogP) is 7.44. The van der Waals surface area contributed by atoms with E-state index in [9.17, 15) is 9.59 Å². The molecule has 0 heterocycles. The summed E-state index contributed by atoms with van der Waals surface area (Å²) in [6.07, 6.45) is 17.1. The number of carbonyl (C=O) groups excluding carboxylic acids is 1. The maximum Gasteiger partial charge on any atom is 0.337 e. The maximum atomic E-state index is 12.0. The van der Waals surface area contributed by atoms with Gasteiger partial charge in [-0.3, -0.25) is 4.79 Å². The molecule has 29 heavy (non-hydrogen) atoms. The standard InChI is InChI=1S/C25H41NO3/c1-21(2)17-13-11-9-7-5-3-4-6-8-10-12-14-20-24(27)26-23-19-16-15-18-22(23)25(28)29/h15-16,18-19,21H,3-14,17,20H2,1-2H3,(H,26,27)(H,28,29). The first kappa shape index (κ1) is 25.2. The van der Waals surface area contributed by atoms with Gasteiger partial charge in [0.05, 0.1) is 11.3 Å². The summed E-state index contributed by atoms with van der Waals surface area (Å²) in [6, 6.07) is 6.53. The van der Waals surface area contributed by atoms with Gasteiger partial charge in [0.1, 0.15) is 0 Å². The van der Waals surface area contributed by atoms with E-state index in [2.05, 4.69) is 19.2 Å². The Labute approximate surface area is 177 Å². The fourth-order valence-electron chi connectivity index (χ4n) is 3.60. The Kier molecular flexibility index (Phi) is 13.9. The molecule has 1 aromatic carbocycles. The van der Waals surface area contributed by atoms with Crippen LogP contribution in [0, 0.1) is 5.92 Å². The fraction of sp³-hybridized carbons (Fsp3) is 0.680. The van der Waals surface area contributed by atoms with E-state index in [4.69, 9.17) is 5.11 Å². The van der Waals surface area contributed by atoms with Gasteiger partial charge in [-0.2, -0.15) is 0 Å². The van der Waals surface area contributed by atoms with Crippen molar-refractivity contribution in [2.45, 2.75) is 104 Å². The lowest BCUT2D eigenvalue weighted by Gasteiger charge is -2.08. The summed E-state index contributed by atoms with van der Waals surface area (Å²) in [5, 5.41) is 11.9. The van der Waals surface area contributed by atoms with E-state index in [1.807, 2.05) is 0 Å². The molecule has 4 nitrogen and oxygen atoms in total. The van der Waals surface area contributed by atoms with Crippen LogP contribution in [0.4, 0.5) is 5.69 Å². The van der Waals surface area contributed by atoms with Crippen LogP contribution in [0.5, 0.6) is 0 Å². The molecule has 1 aromatic rings. The molecule has 1 amide bonds. The minimum absolute atomic E-state index is 0.105. The molecule has 4 heteroatoms. The van der Waals surface area contributed by atoms with Crippen molar-refractivity contribution < 1.29 is 14.7 Å². The molecule has 0 aliphatic carbocycles. The lowest BCUT2D eigenvalue weighted by atomic mass is 10.0. The number of nitrogens with one attached hydrogen (secondary N) is 1. The highest BCUT2D eigenvalue weighted by molar-refractivity contribution is 6.00. The molecule has 0 bridgehead atoms. The second kappa shape index (κ2) is 16.0. The van der Waals surface area contributed by atoms with E-state index in [0.717, 1.165) is 18.8 Å². The van der Waals surface area contributed by atoms with Gasteiger partial charge in [-0.15, -0.1) is 0 Å². The van der Waals surface area contributed by atoms with Crippen molar-refractivity contribution in [3.8, 4) is 0 Å². The third-order valence-electron chi connectivity index (χ3n) is 5.37. The molecule has 1 rings (SSSR count). The average Bonchev–Trinajstić information content (AvgIpc) is 2.68. The average molecular weight is 404 g/mol. The Balaban J connectivity index is 1.93. The van der Waals surface area contributed by atoms with Crippen molar-refractivity contribution in [3.63, 3.8) is 0 Å². The fourth-order valence-corrected chi connectivity index (χ4v) is 3.60. The van der Waals surface area contributed by atoms with Gasteiger partial charge in [0.2, 0.25) is 5.91 Å². The van der Waals surface area contributed by atoms with Gasteiger partial charge >= 0.3 is 5.97 Å². The molecule has 0 saturated carbocycles. The summed E-state index contributed by atoms with van der Waals surface area (Å²) < 4.78 is 0. The lowest BCUT2D eigenvalue weighted by molar-refractivity contribution is -0.116. The molecule has 0 atom stereocenters. The van der Waals surface area contributed by atoms with Crippen molar-refractivity contribution >= 4 is 17.6 Å². The minimum atomic E-state index is -1.02. The summed E-state index contributed by atoms with van der Waals surface area (Å²) in [5.41, 5.74) is 0.515. The summed E-state index contributed by atoms with van der Waals surface area (Å²) >= 11 is 0. The summed E-state index contributed by atoms with van der Waals surface area (Å²) in [5.74, 6) is -0.280. The Hall–Kier alpha value is -1.84. The zero-order valence-corrected chi connectivity index (χ0v) is 18.5. The molecule has 0 unspecified atom stereocenters. The zero-order valence-electron chi connectivity index (χ0n) is 18.5. The van der Waals surface area contributed by atoms with Crippen LogP contribution in [0.15, 0.2) is 24.3 Å². The number of anilines is 1. The largest absolute Gasteiger partial charge is 0.478 e. The van der Waals surface area contributed by atoms with Crippen molar-refractivity contribution in [2.75, 3.05) is 5.32 Å². The van der Waals surface area contributed by atoms with Crippen molar-refractivity contribution in [1.29, 1.82) is 0 Å². The van der Waals surface area contributed by atoms with E-state index in [-0.39, 0.29) is 11.5 Å². The number of hydrogen-bond acceptors (Lipinski definition) is 2. The van der Waals surface area contributed by atoms with E-state index in [1.54, 1.807) is 18.2 Å². The molecule has 164 valence electrons. The minimum Gasteiger partial charge on any atom is -0.478 e. The Morgan fingerprint density at radius 3 is 1.79 bits per heavy atom. The molecule has 0 aliphatic rings. The topological polar surface area (TPSA) is 66.4 Å². The molecule has 0 fully saturated rings. The SMILES string of the molecule is CC(C)CCCCCCCCCCCCCCC(=O)Nc1ccccc1C(=O)O. The van der Waals surface area contributed by atoms with Gasteiger partial charge in [0, 0.05) is 6.42 Å². The van der Waals surface area contributed by atoms with Crippen LogP contribution in [-0.2, 0) is 4.79 Å². The molecule has 0 spiro atoms. The number of para-hydroxylation sites is 1. The summed E-state index contributed by atoms with van der Waals surface area (Å²) in [4.78, 5) is 23.2. The van der Waals surface area contributed by atoms with Crippen LogP contribution in [0.25, 0.3) is 0 Å². The molecule has 0 aliphatic heterocycles. The molecular weight excluding hydrogens is 362 g/mol. The second-order valence-corrected chi connectivity index (χ2v) is 8.57. The third kappa shape index (κ3) is 13.1. The number of rotatable bonds is 17. The third-order valence-corrected chi connectivity index (χ3v) is 5.37. The van der Waals surface area contributed by atoms with E-state index in [1.165, 1.54) is 76.7 Å². The first-order chi connectivity index (χ1) is 14.0. The van der Waals surface area contributed by atoms with Crippen LogP contribution in [0.1, 0.15) is 114 Å². The lowest BCUT2D eigenvalue weighted by Crippen LogP contribution is -2.14. The van der Waals surface area contributed by atoms with Crippen LogP contribution in [-0.4, -0.2) is 17.0 Å². The van der Waals surface area contributed by atoms with E-state index < -0.39 is 5.97 Å². The number of unbranched alkanes of at least 4 members (excludes halogenated alkanes) is 11. The van der Waals surface area contributed by atoms with Gasteiger partial charge < -0.3 is 10.4 Å². The number of hydrogen-bond donors (Lipinski definition) is 2. The quantitative estimate of drug-likeness (QED) is 0.266. The molecule has 0 radical (unpaired) electrons. The van der Waals surface area contributed by atoms with E-state index in [0.29, 0.717) is 12.1 Å². The second-order valence-electron chi connectivity index (χ2n) is 8.57. The number of benzene rings is 1. The van der Waals surface area contributed by atoms with Gasteiger partial charge in [0.25, 0.3) is 0 Å². The normalized spacial score (nSPS) is 11.0. The number of carboxylic acids is 1. The molecular formula is C25H41NO3. The van der Waals surface area contributed by atoms with Gasteiger partial charge in [-0.1, -0.05) is 103 Å². The molecule has 2 N–H and O–H groups in total. The monoisotopic (exact) mass is 403 g/mol. The van der Waals surface area contributed by atoms with Crippen molar-refractivity contribution in [1.82, 2.24) is 0 Å². The molecule has 0 saturated heterocycles. The first-order valence-electron chi connectivity index (χ1n) is 11.6. The maximum absolute atomic E-state index is 12.0. The molecule has 0 aromatic heterocycles. The van der Waals surface area contributed by atoms with Gasteiger partial charge in [0.15, 0.2) is 0 Å². The summed E-state index contributed by atoms with van der Waals surface area (Å²) in [7, 11) is 0. The van der Waals surface area contributed by atoms with Crippen molar-refractivity contribution in [2.24, 2.45) is 5.92 Å². The zero-order chi connectivity index (χ0) is 21.3. The highest BCUT2D eigenvalue weighted by Crippen LogP contribution is 2.17. The number of carboxylic acid groups (broad SMARTS) is 1. The Morgan fingerprint density at radius 1 is 0.793 bits per heavy atom. The van der Waals surface area contributed by atoms with Gasteiger partial charge in [-0.25, -0.2) is 4.79 Å². The van der Waals surface area contributed by atoms with Crippen LogP contribution in [0.3, 0.4) is 0 Å². The number of aromatic carboxylic acids is 1. The highest BCUT2D eigenvalue weighted by Gasteiger charge is 2.11. The number of carbonyl (C=O) groups is 2. The van der Waals surface area contributed by atoms with Crippen molar-refractivity contribution in [3.05, 3.63) is 29.8 Å². The van der Waals surface area contributed by atoms with Crippen LogP contribution in [0.2, 0.25) is 0 Å². The Bertz CT molecular complexity index is 583. The predicted molar refractivity (Wildman–Crippen MR) is 122 cm³/mol. The van der Waals surface area contributed by atoms with Crippen LogP contribution < -0.4 is 5.32 Å². The summed E-state index contributed by atoms with van der Waals surface area (Å²) in [6.45, 7) is 4.60. The first-order valence-corrected chi connectivity index (χ1v) is 11.6. The van der Waals surface area contributed by atoms with Crippen LogP contribution >= 0.6 is 0 Å².